The Morgan fingerprint density at radius 2 is 1.74 bits per heavy atom. The minimum Gasteiger partial charge on any atom is -0.497 e. The van der Waals surface area contributed by atoms with Gasteiger partial charge in [0.15, 0.2) is 0 Å². The quantitative estimate of drug-likeness (QED) is 0.352. The summed E-state index contributed by atoms with van der Waals surface area (Å²) >= 11 is 0. The Morgan fingerprint density at radius 1 is 0.935 bits per heavy atom. The highest BCUT2D eigenvalue weighted by Gasteiger charge is 2.17. The fourth-order valence-electron chi connectivity index (χ4n) is 3.71. The summed E-state index contributed by atoms with van der Waals surface area (Å²) in [5.41, 5.74) is 10.6. The average Bonchev–Trinajstić information content (AvgIpc) is 2.81. The van der Waals surface area contributed by atoms with Gasteiger partial charge in [0.25, 0.3) is 0 Å². The lowest BCUT2D eigenvalue weighted by Crippen LogP contribution is -2.25. The first-order chi connectivity index (χ1) is 15.1. The molecular formula is C27H34N2O2. The molecule has 0 saturated heterocycles. The number of hydrogen-bond donors (Lipinski definition) is 2. The van der Waals surface area contributed by atoms with E-state index in [0.29, 0.717) is 12.3 Å². The highest BCUT2D eigenvalue weighted by molar-refractivity contribution is 5.55. The van der Waals surface area contributed by atoms with Gasteiger partial charge in [0.2, 0.25) is 0 Å². The summed E-state index contributed by atoms with van der Waals surface area (Å²) in [6.07, 6.45) is 3.35. The molecule has 3 aromatic rings. The van der Waals surface area contributed by atoms with Crippen molar-refractivity contribution in [3.8, 4) is 11.5 Å². The van der Waals surface area contributed by atoms with Crippen LogP contribution in [0.4, 0.5) is 5.69 Å². The van der Waals surface area contributed by atoms with E-state index in [9.17, 15) is 0 Å². The molecule has 2 atom stereocenters. The lowest BCUT2D eigenvalue weighted by Gasteiger charge is -2.25. The predicted octanol–water partition coefficient (Wildman–Crippen LogP) is 6.44. The molecule has 0 aliphatic carbocycles. The van der Waals surface area contributed by atoms with Gasteiger partial charge in [-0.3, -0.25) is 0 Å². The van der Waals surface area contributed by atoms with Crippen LogP contribution in [-0.4, -0.2) is 7.11 Å². The molecule has 3 aromatic carbocycles. The number of hydrogen-bond acceptors (Lipinski definition) is 4. The van der Waals surface area contributed by atoms with Gasteiger partial charge in [-0.2, -0.15) is 0 Å². The second kappa shape index (κ2) is 11.4. The summed E-state index contributed by atoms with van der Waals surface area (Å²) in [6.45, 7) is 4.92. The fraction of sp³-hybridized carbons (Fsp3) is 0.333. The lowest BCUT2D eigenvalue weighted by molar-refractivity contribution is 0.307. The maximum absolute atomic E-state index is 6.36. The maximum atomic E-state index is 6.36. The molecule has 0 heterocycles. The van der Waals surface area contributed by atoms with Crippen molar-refractivity contribution < 1.29 is 9.47 Å². The zero-order valence-electron chi connectivity index (χ0n) is 18.8. The van der Waals surface area contributed by atoms with Crippen LogP contribution in [0, 0.1) is 0 Å². The van der Waals surface area contributed by atoms with Crippen LogP contribution in [0.15, 0.2) is 72.8 Å². The van der Waals surface area contributed by atoms with Crippen molar-refractivity contribution in [3.05, 3.63) is 89.5 Å². The van der Waals surface area contributed by atoms with Crippen LogP contribution in [0.25, 0.3) is 0 Å². The number of nitrogen functional groups attached to an aromatic ring is 1. The van der Waals surface area contributed by atoms with Crippen LogP contribution in [0.3, 0.4) is 0 Å². The Kier molecular flexibility index (Phi) is 8.36. The van der Waals surface area contributed by atoms with Gasteiger partial charge in [0, 0.05) is 12.1 Å². The van der Waals surface area contributed by atoms with Crippen LogP contribution in [-0.2, 0) is 6.61 Å². The van der Waals surface area contributed by atoms with Gasteiger partial charge >= 0.3 is 0 Å². The van der Waals surface area contributed by atoms with Crippen LogP contribution in [0.1, 0.15) is 61.9 Å². The summed E-state index contributed by atoms with van der Waals surface area (Å²) in [5, 5.41) is 3.79. The molecule has 164 valence electrons. The van der Waals surface area contributed by atoms with Crippen molar-refractivity contribution in [2.75, 3.05) is 12.8 Å². The van der Waals surface area contributed by atoms with Crippen LogP contribution in [0.2, 0.25) is 0 Å². The number of anilines is 1. The molecule has 3 rings (SSSR count). The Morgan fingerprint density at radius 3 is 2.45 bits per heavy atom. The zero-order chi connectivity index (χ0) is 22.1. The van der Waals surface area contributed by atoms with Crippen molar-refractivity contribution in [2.45, 2.75) is 51.8 Å². The van der Waals surface area contributed by atoms with E-state index < -0.39 is 0 Å². The summed E-state index contributed by atoms with van der Waals surface area (Å²) in [5.74, 6) is 1.60. The third kappa shape index (κ3) is 6.50. The third-order valence-electron chi connectivity index (χ3n) is 5.56. The van der Waals surface area contributed by atoms with Gasteiger partial charge in [-0.1, -0.05) is 68.3 Å². The molecule has 31 heavy (non-hydrogen) atoms. The van der Waals surface area contributed by atoms with Crippen LogP contribution >= 0.6 is 0 Å². The van der Waals surface area contributed by atoms with Gasteiger partial charge in [0.05, 0.1) is 12.8 Å². The van der Waals surface area contributed by atoms with E-state index in [1.807, 2.05) is 42.5 Å². The number of ether oxygens (including phenoxy) is 2. The number of nitrogens with one attached hydrogen (secondary N) is 1. The molecular weight excluding hydrogens is 384 g/mol. The molecule has 0 amide bonds. The normalized spacial score (nSPS) is 12.9. The van der Waals surface area contributed by atoms with E-state index in [1.165, 1.54) is 11.1 Å². The molecule has 4 nitrogen and oxygen atoms in total. The molecule has 0 aliphatic rings. The van der Waals surface area contributed by atoms with Gasteiger partial charge in [-0.05, 0) is 54.3 Å². The molecule has 0 spiro atoms. The second-order valence-corrected chi connectivity index (χ2v) is 7.93. The Labute approximate surface area is 186 Å². The van der Waals surface area contributed by atoms with Crippen molar-refractivity contribution in [1.82, 2.24) is 5.32 Å². The molecule has 0 fully saturated rings. The van der Waals surface area contributed by atoms with Crippen LogP contribution < -0.4 is 20.5 Å². The molecule has 0 aliphatic heterocycles. The SMILES string of the molecule is CCCCC(NC(C)c1cccc(OC)c1)c1ccc(OCc2ccccc2)c(N)c1. The third-order valence-corrected chi connectivity index (χ3v) is 5.56. The second-order valence-electron chi connectivity index (χ2n) is 7.93. The first kappa shape index (κ1) is 22.7. The highest BCUT2D eigenvalue weighted by atomic mass is 16.5. The van der Waals surface area contributed by atoms with Crippen molar-refractivity contribution in [1.29, 1.82) is 0 Å². The molecule has 3 N–H and O–H groups in total. The molecule has 0 radical (unpaired) electrons. The fourth-order valence-corrected chi connectivity index (χ4v) is 3.71. The van der Waals surface area contributed by atoms with Gasteiger partial charge < -0.3 is 20.5 Å². The van der Waals surface area contributed by atoms with Gasteiger partial charge in [0.1, 0.15) is 18.1 Å². The molecule has 4 heteroatoms. The molecule has 0 aromatic heterocycles. The van der Waals surface area contributed by atoms with Crippen LogP contribution in [0.5, 0.6) is 11.5 Å². The van der Waals surface area contributed by atoms with E-state index >= 15 is 0 Å². The highest BCUT2D eigenvalue weighted by Crippen LogP contribution is 2.30. The van der Waals surface area contributed by atoms with E-state index in [4.69, 9.17) is 15.2 Å². The van der Waals surface area contributed by atoms with Crippen molar-refractivity contribution >= 4 is 5.69 Å². The maximum Gasteiger partial charge on any atom is 0.142 e. The number of rotatable bonds is 11. The summed E-state index contributed by atoms with van der Waals surface area (Å²) in [6, 6.07) is 24.9. The Balaban J connectivity index is 1.72. The smallest absolute Gasteiger partial charge is 0.142 e. The minimum absolute atomic E-state index is 0.187. The molecule has 0 saturated carbocycles. The lowest BCUT2D eigenvalue weighted by atomic mass is 9.98. The first-order valence-corrected chi connectivity index (χ1v) is 11.1. The molecule has 0 bridgehead atoms. The summed E-state index contributed by atoms with van der Waals surface area (Å²) in [4.78, 5) is 0. The number of unbranched alkanes of at least 4 members (excludes halogenated alkanes) is 1. The van der Waals surface area contributed by atoms with Gasteiger partial charge in [-0.25, -0.2) is 0 Å². The van der Waals surface area contributed by atoms with Crippen molar-refractivity contribution in [3.63, 3.8) is 0 Å². The topological polar surface area (TPSA) is 56.5 Å². The van der Waals surface area contributed by atoms with Crippen molar-refractivity contribution in [2.24, 2.45) is 0 Å². The Hall–Kier alpha value is -2.98. The monoisotopic (exact) mass is 418 g/mol. The Bertz CT molecular complexity index is 943. The molecule has 2 unspecified atom stereocenters. The predicted molar refractivity (Wildman–Crippen MR) is 128 cm³/mol. The summed E-state index contributed by atoms with van der Waals surface area (Å²) < 4.78 is 11.3. The van der Waals surface area contributed by atoms with E-state index in [0.717, 1.165) is 36.3 Å². The minimum atomic E-state index is 0.187. The number of benzene rings is 3. The van der Waals surface area contributed by atoms with E-state index in [2.05, 4.69) is 49.5 Å². The van der Waals surface area contributed by atoms with Gasteiger partial charge in [-0.15, -0.1) is 0 Å². The average molecular weight is 419 g/mol. The van der Waals surface area contributed by atoms with E-state index in [1.54, 1.807) is 7.11 Å². The first-order valence-electron chi connectivity index (χ1n) is 11.1. The number of nitrogens with two attached hydrogens (primary N) is 1. The number of methoxy groups -OCH3 is 1. The van der Waals surface area contributed by atoms with E-state index in [-0.39, 0.29) is 12.1 Å². The summed E-state index contributed by atoms with van der Waals surface area (Å²) in [7, 11) is 1.70. The zero-order valence-corrected chi connectivity index (χ0v) is 18.8. The largest absolute Gasteiger partial charge is 0.497 e. The standard InChI is InChI=1S/C27H34N2O2/c1-4-5-14-26(29-20(2)22-12-9-13-24(17-22)30-3)23-15-16-27(25(28)18-23)31-19-21-10-7-6-8-11-21/h6-13,15-18,20,26,29H,4-5,14,19,28H2,1-3H3.